The highest BCUT2D eigenvalue weighted by atomic mass is 15.0. The Balaban J connectivity index is 1.17. The molecule has 0 bridgehead atoms. The molecule has 0 aliphatic heterocycles. The topological polar surface area (TPSA) is 43.6 Å². The van der Waals surface area contributed by atoms with E-state index in [0.717, 1.165) is 43.9 Å². The second-order valence-electron chi connectivity index (χ2n) is 12.5. The first-order chi connectivity index (χ1) is 24.3. The van der Waals surface area contributed by atoms with Gasteiger partial charge in [-0.1, -0.05) is 127 Å². The molecule has 0 amide bonds. The Bertz CT molecular complexity index is 2780. The third-order valence-electron chi connectivity index (χ3n) is 9.62. The zero-order valence-electron chi connectivity index (χ0n) is 26.5. The van der Waals surface area contributed by atoms with Gasteiger partial charge in [0.1, 0.15) is 0 Å². The lowest BCUT2D eigenvalue weighted by atomic mass is 10.0. The Morgan fingerprint density at radius 2 is 0.816 bits per heavy atom. The van der Waals surface area contributed by atoms with Crippen molar-refractivity contribution in [3.8, 4) is 39.9 Å². The molecule has 0 radical (unpaired) electrons. The molecule has 0 aliphatic rings. The summed E-state index contributed by atoms with van der Waals surface area (Å²) < 4.78 is 2.36. The number of rotatable bonds is 4. The summed E-state index contributed by atoms with van der Waals surface area (Å²) in [5.74, 6) is 1.95. The van der Waals surface area contributed by atoms with Crippen molar-refractivity contribution in [3.63, 3.8) is 0 Å². The minimum atomic E-state index is 0.639. The number of hydrogen-bond acceptors (Lipinski definition) is 3. The predicted molar refractivity (Wildman–Crippen MR) is 203 cm³/mol. The van der Waals surface area contributed by atoms with Crippen LogP contribution >= 0.6 is 0 Å². The number of benzene rings is 8. The lowest BCUT2D eigenvalue weighted by Crippen LogP contribution is -2.01. The molecular weight excluding hydrogens is 597 g/mol. The van der Waals surface area contributed by atoms with Gasteiger partial charge in [-0.05, 0) is 74.8 Å². The molecule has 0 aliphatic carbocycles. The van der Waals surface area contributed by atoms with Crippen LogP contribution in [0.2, 0.25) is 0 Å². The van der Waals surface area contributed by atoms with E-state index in [-0.39, 0.29) is 0 Å². The van der Waals surface area contributed by atoms with Crippen LogP contribution in [0.15, 0.2) is 170 Å². The highest BCUT2D eigenvalue weighted by Gasteiger charge is 2.17. The molecule has 0 saturated carbocycles. The molecule has 0 unspecified atom stereocenters. The molecule has 2 heterocycles. The fraction of sp³-hybridized carbons (Fsp3) is 0. The summed E-state index contributed by atoms with van der Waals surface area (Å²) in [7, 11) is 0. The average molecular weight is 625 g/mol. The van der Waals surface area contributed by atoms with Crippen molar-refractivity contribution in [2.75, 3.05) is 0 Å². The lowest BCUT2D eigenvalue weighted by Gasteiger charge is -2.12. The van der Waals surface area contributed by atoms with Gasteiger partial charge in [0, 0.05) is 33.2 Å². The SMILES string of the molecule is c1ccc2cc3c(cc2c1)c1ccccc1n3-c1ccc(-c2nc(-c3cccc4ccccc34)nc(-c3cccc4ccccc34)n2)cc1. The zero-order chi connectivity index (χ0) is 32.3. The molecule has 0 fully saturated rings. The summed E-state index contributed by atoms with van der Waals surface area (Å²) in [6.07, 6.45) is 0. The van der Waals surface area contributed by atoms with Crippen LogP contribution in [-0.2, 0) is 0 Å². The maximum atomic E-state index is 5.13. The largest absolute Gasteiger partial charge is 0.309 e. The molecule has 2 aromatic heterocycles. The predicted octanol–water partition coefficient (Wildman–Crippen LogP) is 11.4. The molecule has 8 aromatic carbocycles. The van der Waals surface area contributed by atoms with Crippen LogP contribution in [-0.4, -0.2) is 19.5 Å². The van der Waals surface area contributed by atoms with Gasteiger partial charge < -0.3 is 4.57 Å². The summed E-state index contributed by atoms with van der Waals surface area (Å²) in [4.78, 5) is 15.4. The van der Waals surface area contributed by atoms with Crippen LogP contribution in [0.25, 0.3) is 94.0 Å². The zero-order valence-corrected chi connectivity index (χ0v) is 26.5. The molecular formula is C45H28N4. The van der Waals surface area contributed by atoms with Crippen molar-refractivity contribution in [2.24, 2.45) is 0 Å². The van der Waals surface area contributed by atoms with Crippen molar-refractivity contribution < 1.29 is 0 Å². The minimum Gasteiger partial charge on any atom is -0.309 e. The number of nitrogens with zero attached hydrogens (tertiary/aromatic N) is 4. The first kappa shape index (κ1) is 27.5. The second-order valence-corrected chi connectivity index (χ2v) is 12.5. The molecule has 228 valence electrons. The number of hydrogen-bond donors (Lipinski definition) is 0. The molecule has 0 N–H and O–H groups in total. The van der Waals surface area contributed by atoms with E-state index in [0.29, 0.717) is 17.5 Å². The summed E-state index contributed by atoms with van der Waals surface area (Å²) in [6, 6.07) is 59.8. The Morgan fingerprint density at radius 3 is 1.45 bits per heavy atom. The van der Waals surface area contributed by atoms with Gasteiger partial charge in [0.15, 0.2) is 17.5 Å². The van der Waals surface area contributed by atoms with Gasteiger partial charge in [-0.15, -0.1) is 0 Å². The maximum absolute atomic E-state index is 5.13. The van der Waals surface area contributed by atoms with E-state index in [1.165, 1.54) is 32.6 Å². The van der Waals surface area contributed by atoms with E-state index in [9.17, 15) is 0 Å². The maximum Gasteiger partial charge on any atom is 0.164 e. The molecule has 4 heteroatoms. The normalized spacial score (nSPS) is 11.7. The minimum absolute atomic E-state index is 0.639. The quantitative estimate of drug-likeness (QED) is 0.196. The molecule has 0 saturated heterocycles. The fourth-order valence-electron chi connectivity index (χ4n) is 7.28. The van der Waals surface area contributed by atoms with Crippen molar-refractivity contribution >= 4 is 54.1 Å². The van der Waals surface area contributed by atoms with Crippen LogP contribution in [0.5, 0.6) is 0 Å². The van der Waals surface area contributed by atoms with Crippen LogP contribution < -0.4 is 0 Å². The van der Waals surface area contributed by atoms with Crippen molar-refractivity contribution in [3.05, 3.63) is 170 Å². The van der Waals surface area contributed by atoms with Crippen molar-refractivity contribution in [1.82, 2.24) is 19.5 Å². The van der Waals surface area contributed by atoms with Crippen LogP contribution in [0.1, 0.15) is 0 Å². The van der Waals surface area contributed by atoms with Gasteiger partial charge in [-0.2, -0.15) is 0 Å². The number of aromatic nitrogens is 4. The van der Waals surface area contributed by atoms with Gasteiger partial charge in [0.05, 0.1) is 11.0 Å². The standard InChI is InChI=1S/C45H28N4/c1-2-14-33-28-42-40(27-32(33)13-1)37-19-7-8-22-41(37)49(42)34-25-23-31(24-26-34)43-46-44(38-20-9-15-29-11-3-5-17-35(29)38)48-45(47-43)39-21-10-16-30-12-4-6-18-36(30)39/h1-28H. The third-order valence-corrected chi connectivity index (χ3v) is 9.62. The van der Waals surface area contributed by atoms with Gasteiger partial charge >= 0.3 is 0 Å². The summed E-state index contributed by atoms with van der Waals surface area (Å²) in [5, 5.41) is 9.48. The molecule has 0 atom stereocenters. The highest BCUT2D eigenvalue weighted by molar-refractivity contribution is 6.13. The average Bonchev–Trinajstić information content (AvgIpc) is 3.49. The van der Waals surface area contributed by atoms with E-state index in [1.54, 1.807) is 0 Å². The van der Waals surface area contributed by atoms with E-state index < -0.39 is 0 Å². The summed E-state index contributed by atoms with van der Waals surface area (Å²) in [5.41, 5.74) is 6.35. The Labute approximate surface area is 282 Å². The number of para-hydroxylation sites is 1. The van der Waals surface area contributed by atoms with E-state index in [1.807, 2.05) is 0 Å². The van der Waals surface area contributed by atoms with Crippen LogP contribution in [0.4, 0.5) is 0 Å². The Morgan fingerprint density at radius 1 is 0.327 bits per heavy atom. The fourth-order valence-corrected chi connectivity index (χ4v) is 7.28. The van der Waals surface area contributed by atoms with E-state index >= 15 is 0 Å². The van der Waals surface area contributed by atoms with Gasteiger partial charge in [0.2, 0.25) is 0 Å². The van der Waals surface area contributed by atoms with Gasteiger partial charge in [-0.3, -0.25) is 0 Å². The second kappa shape index (κ2) is 11.0. The number of fused-ring (bicyclic) bond motifs is 6. The first-order valence-electron chi connectivity index (χ1n) is 16.5. The van der Waals surface area contributed by atoms with E-state index in [2.05, 4.69) is 174 Å². The molecule has 4 nitrogen and oxygen atoms in total. The summed E-state index contributed by atoms with van der Waals surface area (Å²) >= 11 is 0. The molecule has 10 rings (SSSR count). The van der Waals surface area contributed by atoms with Crippen LogP contribution in [0.3, 0.4) is 0 Å². The summed E-state index contributed by atoms with van der Waals surface area (Å²) in [6.45, 7) is 0. The Hall–Kier alpha value is -6.65. The van der Waals surface area contributed by atoms with Gasteiger partial charge in [-0.25, -0.2) is 15.0 Å². The van der Waals surface area contributed by atoms with E-state index in [4.69, 9.17) is 15.0 Å². The van der Waals surface area contributed by atoms with Crippen molar-refractivity contribution in [1.29, 1.82) is 0 Å². The van der Waals surface area contributed by atoms with Crippen LogP contribution in [0, 0.1) is 0 Å². The smallest absolute Gasteiger partial charge is 0.164 e. The third kappa shape index (κ3) is 4.49. The molecule has 49 heavy (non-hydrogen) atoms. The molecule has 10 aromatic rings. The monoisotopic (exact) mass is 624 g/mol. The molecule has 0 spiro atoms. The first-order valence-corrected chi connectivity index (χ1v) is 16.5. The van der Waals surface area contributed by atoms with Gasteiger partial charge in [0.25, 0.3) is 0 Å². The van der Waals surface area contributed by atoms with Crippen molar-refractivity contribution in [2.45, 2.75) is 0 Å². The lowest BCUT2D eigenvalue weighted by molar-refractivity contribution is 1.08. The highest BCUT2D eigenvalue weighted by Crippen LogP contribution is 2.36. The Kier molecular flexibility index (Phi) is 6.15.